The predicted octanol–water partition coefficient (Wildman–Crippen LogP) is 2.29. The van der Waals surface area contributed by atoms with Crippen molar-refractivity contribution >= 4 is 21.6 Å². The maximum Gasteiger partial charge on any atom is 0.243 e. The molecule has 0 aromatic heterocycles. The number of carbonyl (C=O) groups is 1. The first-order chi connectivity index (χ1) is 10.2. The molecule has 0 aliphatic carbocycles. The Labute approximate surface area is 131 Å². The van der Waals surface area contributed by atoms with Gasteiger partial charge in [0.25, 0.3) is 0 Å². The Hall–Kier alpha value is -1.63. The van der Waals surface area contributed by atoms with Crippen LogP contribution < -0.4 is 9.62 Å². The van der Waals surface area contributed by atoms with E-state index < -0.39 is 27.8 Å². The second kappa shape index (κ2) is 7.58. The Morgan fingerprint density at radius 3 is 2.36 bits per heavy atom. The van der Waals surface area contributed by atoms with Gasteiger partial charge in [-0.05, 0) is 38.0 Å². The van der Waals surface area contributed by atoms with Crippen LogP contribution in [0.4, 0.5) is 10.1 Å². The molecule has 0 saturated carbocycles. The van der Waals surface area contributed by atoms with Crippen LogP contribution in [0, 0.1) is 5.82 Å². The van der Waals surface area contributed by atoms with Crippen LogP contribution in [0.25, 0.3) is 0 Å². The summed E-state index contributed by atoms with van der Waals surface area (Å²) in [5.74, 6) is -0.956. The van der Waals surface area contributed by atoms with E-state index >= 15 is 0 Å². The highest BCUT2D eigenvalue weighted by molar-refractivity contribution is 7.92. The summed E-state index contributed by atoms with van der Waals surface area (Å²) in [5.41, 5.74) is 0.134. The standard InChI is InChI=1S/C15H23FN2O3S/c1-5-13(6-2)17-15(19)11(3)18(22(4,20)21)14-9-7-8-12(16)10-14/h7-11,13H,5-6H2,1-4H3,(H,17,19). The van der Waals surface area contributed by atoms with Gasteiger partial charge in [0, 0.05) is 6.04 Å². The maximum atomic E-state index is 13.4. The van der Waals surface area contributed by atoms with Crippen molar-refractivity contribution in [3.05, 3.63) is 30.1 Å². The van der Waals surface area contributed by atoms with Gasteiger partial charge < -0.3 is 5.32 Å². The highest BCUT2D eigenvalue weighted by Crippen LogP contribution is 2.21. The van der Waals surface area contributed by atoms with Gasteiger partial charge in [-0.15, -0.1) is 0 Å². The third-order valence-electron chi connectivity index (χ3n) is 3.48. The van der Waals surface area contributed by atoms with Crippen molar-refractivity contribution in [3.63, 3.8) is 0 Å². The van der Waals surface area contributed by atoms with Crippen LogP contribution in [-0.4, -0.2) is 32.7 Å². The van der Waals surface area contributed by atoms with Gasteiger partial charge >= 0.3 is 0 Å². The minimum atomic E-state index is -3.72. The minimum Gasteiger partial charge on any atom is -0.352 e. The van der Waals surface area contributed by atoms with Crippen molar-refractivity contribution in [2.75, 3.05) is 10.6 Å². The first-order valence-electron chi connectivity index (χ1n) is 7.26. The maximum absolute atomic E-state index is 13.4. The molecule has 0 heterocycles. The molecule has 0 fully saturated rings. The smallest absolute Gasteiger partial charge is 0.243 e. The van der Waals surface area contributed by atoms with Crippen LogP contribution in [0.3, 0.4) is 0 Å². The number of amides is 1. The van der Waals surface area contributed by atoms with E-state index in [1.54, 1.807) is 0 Å². The molecule has 0 spiro atoms. The third-order valence-corrected chi connectivity index (χ3v) is 4.72. The van der Waals surface area contributed by atoms with Crippen LogP contribution >= 0.6 is 0 Å². The zero-order valence-electron chi connectivity index (χ0n) is 13.3. The molecule has 1 aromatic carbocycles. The number of carbonyl (C=O) groups excluding carboxylic acids is 1. The number of nitrogens with zero attached hydrogens (tertiary/aromatic N) is 1. The molecular weight excluding hydrogens is 307 g/mol. The molecular formula is C15H23FN2O3S. The number of anilines is 1. The fraction of sp³-hybridized carbons (Fsp3) is 0.533. The van der Waals surface area contributed by atoms with Crippen LogP contribution in [0.2, 0.25) is 0 Å². The molecule has 0 saturated heterocycles. The lowest BCUT2D eigenvalue weighted by Gasteiger charge is -2.29. The Balaban J connectivity index is 3.10. The number of benzene rings is 1. The van der Waals surface area contributed by atoms with Crippen LogP contribution in [0.15, 0.2) is 24.3 Å². The van der Waals surface area contributed by atoms with Gasteiger partial charge in [-0.25, -0.2) is 12.8 Å². The van der Waals surface area contributed by atoms with Crippen molar-refractivity contribution in [1.82, 2.24) is 5.32 Å². The Bertz CT molecular complexity index is 615. The fourth-order valence-corrected chi connectivity index (χ4v) is 3.40. The number of hydrogen-bond acceptors (Lipinski definition) is 3. The SMILES string of the molecule is CCC(CC)NC(=O)C(C)N(c1cccc(F)c1)S(C)(=O)=O. The lowest BCUT2D eigenvalue weighted by molar-refractivity contribution is -0.122. The lowest BCUT2D eigenvalue weighted by atomic mass is 10.1. The van der Waals surface area contributed by atoms with Crippen LogP contribution in [-0.2, 0) is 14.8 Å². The molecule has 1 rings (SSSR count). The van der Waals surface area contributed by atoms with E-state index in [0.717, 1.165) is 29.5 Å². The molecule has 22 heavy (non-hydrogen) atoms. The van der Waals surface area contributed by atoms with E-state index in [0.29, 0.717) is 0 Å². The Morgan fingerprint density at radius 1 is 1.32 bits per heavy atom. The summed E-state index contributed by atoms with van der Waals surface area (Å²) in [6.07, 6.45) is 2.51. The Morgan fingerprint density at radius 2 is 1.91 bits per heavy atom. The Kier molecular flexibility index (Phi) is 6.34. The van der Waals surface area contributed by atoms with Gasteiger partial charge in [0.05, 0.1) is 11.9 Å². The van der Waals surface area contributed by atoms with Gasteiger partial charge in [-0.1, -0.05) is 19.9 Å². The summed E-state index contributed by atoms with van der Waals surface area (Å²) >= 11 is 0. The molecule has 0 aliphatic rings. The summed E-state index contributed by atoms with van der Waals surface area (Å²) in [6.45, 7) is 5.38. The van der Waals surface area contributed by atoms with Gasteiger partial charge in [-0.3, -0.25) is 9.10 Å². The number of nitrogens with one attached hydrogen (secondary N) is 1. The van der Waals surface area contributed by atoms with Gasteiger partial charge in [-0.2, -0.15) is 0 Å². The van der Waals surface area contributed by atoms with E-state index in [1.807, 2.05) is 13.8 Å². The van der Waals surface area contributed by atoms with E-state index in [2.05, 4.69) is 5.32 Å². The summed E-state index contributed by atoms with van der Waals surface area (Å²) in [7, 11) is -3.72. The normalized spacial score (nSPS) is 13.0. The van der Waals surface area contributed by atoms with Crippen LogP contribution in [0.5, 0.6) is 0 Å². The van der Waals surface area contributed by atoms with E-state index in [9.17, 15) is 17.6 Å². The third kappa shape index (κ3) is 4.69. The van der Waals surface area contributed by atoms with Crippen molar-refractivity contribution in [2.45, 2.75) is 45.7 Å². The molecule has 1 N–H and O–H groups in total. The van der Waals surface area contributed by atoms with Crippen molar-refractivity contribution in [3.8, 4) is 0 Å². The van der Waals surface area contributed by atoms with Crippen molar-refractivity contribution in [2.24, 2.45) is 0 Å². The van der Waals surface area contributed by atoms with Gasteiger partial charge in [0.2, 0.25) is 15.9 Å². The largest absolute Gasteiger partial charge is 0.352 e. The molecule has 1 aromatic rings. The van der Waals surface area contributed by atoms with E-state index in [4.69, 9.17) is 0 Å². The first kappa shape index (κ1) is 18.4. The van der Waals surface area contributed by atoms with Gasteiger partial charge in [0.1, 0.15) is 11.9 Å². The number of sulfonamides is 1. The molecule has 1 unspecified atom stereocenters. The summed E-state index contributed by atoms with van der Waals surface area (Å²) < 4.78 is 38.4. The molecule has 1 amide bonds. The van der Waals surface area contributed by atoms with Crippen molar-refractivity contribution in [1.29, 1.82) is 0 Å². The number of halogens is 1. The molecule has 0 radical (unpaired) electrons. The quantitative estimate of drug-likeness (QED) is 0.834. The van der Waals surface area contributed by atoms with Gasteiger partial charge in [0.15, 0.2) is 0 Å². The zero-order chi connectivity index (χ0) is 16.9. The molecule has 0 aliphatic heterocycles. The van der Waals surface area contributed by atoms with Crippen molar-refractivity contribution < 1.29 is 17.6 Å². The minimum absolute atomic E-state index is 0.0103. The van der Waals surface area contributed by atoms with E-state index in [-0.39, 0.29) is 11.7 Å². The molecule has 124 valence electrons. The topological polar surface area (TPSA) is 66.5 Å². The summed E-state index contributed by atoms with van der Waals surface area (Å²) in [5, 5.41) is 2.81. The lowest BCUT2D eigenvalue weighted by Crippen LogP contribution is -2.50. The monoisotopic (exact) mass is 330 g/mol. The second-order valence-corrected chi connectivity index (χ2v) is 7.10. The van der Waals surface area contributed by atoms with E-state index in [1.165, 1.54) is 25.1 Å². The summed E-state index contributed by atoms with van der Waals surface area (Å²) in [6, 6.07) is 4.22. The number of rotatable bonds is 7. The molecule has 5 nitrogen and oxygen atoms in total. The first-order valence-corrected chi connectivity index (χ1v) is 9.10. The zero-order valence-corrected chi connectivity index (χ0v) is 14.2. The molecule has 0 bridgehead atoms. The predicted molar refractivity (Wildman–Crippen MR) is 85.7 cm³/mol. The second-order valence-electron chi connectivity index (χ2n) is 5.24. The fourth-order valence-electron chi connectivity index (χ4n) is 2.24. The number of hydrogen-bond donors (Lipinski definition) is 1. The summed E-state index contributed by atoms with van der Waals surface area (Å²) in [4.78, 5) is 12.3. The average molecular weight is 330 g/mol. The molecule has 1 atom stereocenters. The highest BCUT2D eigenvalue weighted by atomic mass is 32.2. The molecule has 7 heteroatoms. The highest BCUT2D eigenvalue weighted by Gasteiger charge is 2.29. The van der Waals surface area contributed by atoms with Crippen LogP contribution in [0.1, 0.15) is 33.6 Å². The average Bonchev–Trinajstić information content (AvgIpc) is 2.43.